The van der Waals surface area contributed by atoms with Gasteiger partial charge in [-0.05, 0) is 130 Å². The molecule has 0 aliphatic rings. The van der Waals surface area contributed by atoms with E-state index in [-0.39, 0.29) is 89.9 Å². The Hall–Kier alpha value is -8.41. The van der Waals surface area contributed by atoms with Crippen LogP contribution in [0.15, 0.2) is 152 Å². The molecular weight excluding hydrogens is 1040 g/mol. The Morgan fingerprint density at radius 1 is 0.303 bits per heavy atom. The molecule has 0 amide bonds. The highest BCUT2D eigenvalue weighted by atomic mass is 19.4. The van der Waals surface area contributed by atoms with Crippen molar-refractivity contribution in [1.29, 1.82) is 5.26 Å². The summed E-state index contributed by atoms with van der Waals surface area (Å²) in [6, 6.07) is 26.5. The lowest BCUT2D eigenvalue weighted by Crippen LogP contribution is -2.12. The molecule has 0 spiro atoms. The Morgan fingerprint density at radius 3 is 1.03 bits per heavy atom. The molecule has 10 rings (SSSR count). The molecule has 0 fully saturated rings. The molecule has 0 atom stereocenters. The number of alkyl halides is 18. The van der Waals surface area contributed by atoms with Crippen molar-refractivity contribution in [3.05, 3.63) is 191 Å². The van der Waals surface area contributed by atoms with Crippen LogP contribution in [0.1, 0.15) is 38.9 Å². The van der Waals surface area contributed by atoms with Crippen molar-refractivity contribution in [3.8, 4) is 50.8 Å². The fraction of sp³-hybridized carbons (Fsp3) is 0.109. The van der Waals surface area contributed by atoms with Crippen molar-refractivity contribution in [2.24, 2.45) is 0 Å². The number of nitriles is 1. The van der Waals surface area contributed by atoms with Crippen molar-refractivity contribution in [3.63, 3.8) is 0 Å². The van der Waals surface area contributed by atoms with Gasteiger partial charge in [0, 0.05) is 21.5 Å². The fourth-order valence-electron chi connectivity index (χ4n) is 9.51. The smallest absolute Gasteiger partial charge is 0.308 e. The van der Waals surface area contributed by atoms with Crippen LogP contribution in [0.3, 0.4) is 0 Å². The van der Waals surface area contributed by atoms with Crippen LogP contribution in [0.5, 0.6) is 0 Å². The minimum absolute atomic E-state index is 0.0533. The molecule has 0 saturated carbocycles. The topological polar surface area (TPSA) is 33.6 Å². The molecule has 386 valence electrons. The van der Waals surface area contributed by atoms with Gasteiger partial charge in [-0.2, -0.15) is 84.3 Å². The van der Waals surface area contributed by atoms with Crippen molar-refractivity contribution in [2.45, 2.75) is 37.1 Å². The van der Waals surface area contributed by atoms with Crippen LogP contribution in [0.4, 0.5) is 79.0 Å². The van der Waals surface area contributed by atoms with Crippen LogP contribution in [0, 0.1) is 11.3 Å². The number of halogens is 18. The summed E-state index contributed by atoms with van der Waals surface area (Å²) in [5.41, 5.74) is -12.8. The summed E-state index contributed by atoms with van der Waals surface area (Å²) in [5.74, 6) is 0. The van der Waals surface area contributed by atoms with Gasteiger partial charge in [0.15, 0.2) is 0 Å². The molecule has 0 radical (unpaired) electrons. The van der Waals surface area contributed by atoms with Crippen molar-refractivity contribution < 1.29 is 79.0 Å². The van der Waals surface area contributed by atoms with Gasteiger partial charge in [0.1, 0.15) is 11.6 Å². The molecule has 0 saturated heterocycles. The third-order valence-electron chi connectivity index (χ3n) is 12.8. The zero-order chi connectivity index (χ0) is 54.8. The van der Waals surface area contributed by atoms with Gasteiger partial charge < -0.3 is 9.13 Å². The molecule has 3 nitrogen and oxygen atoms in total. The number of rotatable bonds is 5. The van der Waals surface area contributed by atoms with Gasteiger partial charge in [0.25, 0.3) is 0 Å². The zero-order valence-corrected chi connectivity index (χ0v) is 37.6. The summed E-state index contributed by atoms with van der Waals surface area (Å²) in [6.45, 7) is 0. The molecule has 0 N–H and O–H groups in total. The van der Waals surface area contributed by atoms with Crippen LogP contribution in [-0.2, 0) is 37.1 Å². The maximum Gasteiger partial charge on any atom is 0.417 e. The third-order valence-corrected chi connectivity index (χ3v) is 12.8. The molecule has 0 unspecified atom stereocenters. The Labute approximate surface area is 414 Å². The average molecular weight is 1070 g/mol. The Kier molecular flexibility index (Phi) is 11.6. The van der Waals surface area contributed by atoms with Gasteiger partial charge >= 0.3 is 37.1 Å². The van der Waals surface area contributed by atoms with Gasteiger partial charge in [-0.1, -0.05) is 54.6 Å². The maximum absolute atomic E-state index is 15.1. The second-order valence-electron chi connectivity index (χ2n) is 17.5. The zero-order valence-electron chi connectivity index (χ0n) is 37.6. The van der Waals surface area contributed by atoms with Gasteiger partial charge in [-0.15, -0.1) is 0 Å². The molecular formula is C55H25F18N3. The number of fused-ring (bicyclic) bond motifs is 6. The molecule has 8 aromatic carbocycles. The summed E-state index contributed by atoms with van der Waals surface area (Å²) >= 11 is 0. The van der Waals surface area contributed by atoms with E-state index in [1.165, 1.54) is 94.1 Å². The van der Waals surface area contributed by atoms with E-state index in [4.69, 9.17) is 0 Å². The predicted octanol–water partition coefficient (Wildman–Crippen LogP) is 18.9. The van der Waals surface area contributed by atoms with Crippen LogP contribution in [0.2, 0.25) is 0 Å². The van der Waals surface area contributed by atoms with Crippen molar-refractivity contribution >= 4 is 43.6 Å². The Bertz CT molecular complexity index is 3760. The van der Waals surface area contributed by atoms with Crippen LogP contribution in [0.25, 0.3) is 88.4 Å². The predicted molar refractivity (Wildman–Crippen MR) is 246 cm³/mol. The lowest BCUT2D eigenvalue weighted by atomic mass is 9.94. The van der Waals surface area contributed by atoms with E-state index in [0.29, 0.717) is 36.4 Å². The monoisotopic (exact) mass is 1070 g/mol. The normalized spacial score (nSPS) is 13.1. The number of para-hydroxylation sites is 2. The third kappa shape index (κ3) is 8.98. The summed E-state index contributed by atoms with van der Waals surface area (Å²) in [4.78, 5) is 0. The number of nitrogens with zero attached hydrogens (tertiary/aromatic N) is 3. The molecule has 2 aromatic heterocycles. The van der Waals surface area contributed by atoms with E-state index in [9.17, 15) is 71.1 Å². The number of benzene rings is 8. The summed E-state index contributed by atoms with van der Waals surface area (Å²) in [6.07, 6.45) is -31.6. The molecule has 0 bridgehead atoms. The van der Waals surface area contributed by atoms with Gasteiger partial charge in [-0.3, -0.25) is 0 Å². The van der Waals surface area contributed by atoms with E-state index < -0.39 is 92.7 Å². The highest BCUT2D eigenvalue weighted by Gasteiger charge is 2.41. The van der Waals surface area contributed by atoms with E-state index in [1.54, 1.807) is 0 Å². The molecule has 0 aliphatic heterocycles. The van der Waals surface area contributed by atoms with Crippen LogP contribution in [-0.4, -0.2) is 9.13 Å². The lowest BCUT2D eigenvalue weighted by Gasteiger charge is -2.21. The molecule has 2 heterocycles. The molecule has 10 aromatic rings. The standard InChI is InChI=1S/C55H25F18N3/c56-50(57,58)32-11-12-37(43(25-32)55(71,72)73)31-21-48(75-44-7-3-1-5-38(44)40-19-27(9-13-46(40)75)29-15-33(51(59,60)61)23-34(16-29)52(62,63)64)42(26-74)49(22-31)76-45-8-4-2-6-39(45)41-20-28(10-14-47(41)76)30-17-35(53(65,66)67)24-36(18-30)54(68,69)70/h1-25H. The van der Waals surface area contributed by atoms with Gasteiger partial charge in [0.2, 0.25) is 0 Å². The molecule has 0 aliphatic carbocycles. The first kappa shape index (κ1) is 51.1. The SMILES string of the molecule is N#Cc1c(-n2c3ccccc3c3cc(-c4cc(C(F)(F)F)cc(C(F)(F)F)c4)ccc32)cc(-c2ccc(C(F)(F)F)cc2C(F)(F)F)cc1-n1c2ccccc2c2cc(-c3cc(C(F)(F)F)cc(C(F)(F)F)c3)ccc21. The van der Waals surface area contributed by atoms with E-state index in [1.807, 2.05) is 0 Å². The first-order valence-electron chi connectivity index (χ1n) is 22.0. The first-order chi connectivity index (χ1) is 35.4. The quantitative estimate of drug-likeness (QED) is 0.158. The highest BCUT2D eigenvalue weighted by molar-refractivity contribution is 6.12. The summed E-state index contributed by atoms with van der Waals surface area (Å²) in [7, 11) is 0. The largest absolute Gasteiger partial charge is 0.417 e. The Balaban J connectivity index is 1.29. The van der Waals surface area contributed by atoms with Crippen molar-refractivity contribution in [2.75, 3.05) is 0 Å². The first-order valence-corrected chi connectivity index (χ1v) is 22.0. The minimum Gasteiger partial charge on any atom is -0.308 e. The Morgan fingerprint density at radius 2 is 0.671 bits per heavy atom. The average Bonchev–Trinajstić information content (AvgIpc) is 3.92. The van der Waals surface area contributed by atoms with Crippen LogP contribution < -0.4 is 0 Å². The van der Waals surface area contributed by atoms with E-state index in [0.717, 1.165) is 12.1 Å². The highest BCUT2D eigenvalue weighted by Crippen LogP contribution is 2.47. The van der Waals surface area contributed by atoms with Gasteiger partial charge in [0.05, 0.1) is 66.8 Å². The summed E-state index contributed by atoms with van der Waals surface area (Å²) < 4.78 is 258. The number of hydrogen-bond acceptors (Lipinski definition) is 1. The minimum atomic E-state index is -5.46. The molecule has 76 heavy (non-hydrogen) atoms. The fourth-order valence-corrected chi connectivity index (χ4v) is 9.51. The lowest BCUT2D eigenvalue weighted by molar-refractivity contribution is -0.144. The van der Waals surface area contributed by atoms with Crippen molar-refractivity contribution in [1.82, 2.24) is 9.13 Å². The molecule has 21 heteroatoms. The van der Waals surface area contributed by atoms with E-state index in [2.05, 4.69) is 6.07 Å². The number of aromatic nitrogens is 2. The number of hydrogen-bond donors (Lipinski definition) is 0. The van der Waals surface area contributed by atoms with E-state index >= 15 is 13.2 Å². The second kappa shape index (κ2) is 17.3. The maximum atomic E-state index is 15.1. The van der Waals surface area contributed by atoms with Crippen LogP contribution >= 0.6 is 0 Å². The van der Waals surface area contributed by atoms with Gasteiger partial charge in [-0.25, -0.2) is 0 Å². The second-order valence-corrected chi connectivity index (χ2v) is 17.5. The summed E-state index contributed by atoms with van der Waals surface area (Å²) in [5, 5.41) is 12.1.